The quantitative estimate of drug-likeness (QED) is 0.666. The lowest BCUT2D eigenvalue weighted by molar-refractivity contribution is 0.101. The highest BCUT2D eigenvalue weighted by molar-refractivity contribution is 5.99. The van der Waals surface area contributed by atoms with Gasteiger partial charge in [-0.15, -0.1) is 0 Å². The van der Waals surface area contributed by atoms with Crippen LogP contribution in [-0.4, -0.2) is 15.8 Å². The van der Waals surface area contributed by atoms with Gasteiger partial charge in [-0.1, -0.05) is 42.5 Å². The van der Waals surface area contributed by atoms with Crippen LogP contribution in [0.3, 0.4) is 0 Å². The number of Topliss-reactive ketones (excluding diaryl/α,β-unsaturated/α-hetero) is 1. The standard InChI is InChI=1S/C21H20N4O/c1-14(26)18-13-22-21(25-20(18)23-16-8-3-2-4-9-16)24-19-12-11-15-7-5-6-10-17(15)19/h2-10,13,19H,11-12H2,1H3,(H2,22,23,24,25). The number of ketones is 1. The van der Waals surface area contributed by atoms with Crippen molar-refractivity contribution in [3.8, 4) is 0 Å². The number of anilines is 3. The maximum Gasteiger partial charge on any atom is 0.225 e. The van der Waals surface area contributed by atoms with Crippen molar-refractivity contribution in [2.24, 2.45) is 0 Å². The number of hydrogen-bond donors (Lipinski definition) is 2. The lowest BCUT2D eigenvalue weighted by Crippen LogP contribution is -2.12. The van der Waals surface area contributed by atoms with E-state index in [0.29, 0.717) is 17.3 Å². The highest BCUT2D eigenvalue weighted by atomic mass is 16.1. The number of nitrogens with zero attached hydrogens (tertiary/aromatic N) is 2. The molecule has 5 nitrogen and oxygen atoms in total. The zero-order valence-electron chi connectivity index (χ0n) is 14.6. The van der Waals surface area contributed by atoms with E-state index in [4.69, 9.17) is 0 Å². The molecule has 1 aliphatic carbocycles. The van der Waals surface area contributed by atoms with Gasteiger partial charge in [0, 0.05) is 11.9 Å². The second-order valence-electron chi connectivity index (χ2n) is 6.44. The first-order chi connectivity index (χ1) is 12.7. The van der Waals surface area contributed by atoms with Crippen LogP contribution in [0, 0.1) is 0 Å². The molecule has 0 fully saturated rings. The van der Waals surface area contributed by atoms with E-state index in [9.17, 15) is 4.79 Å². The minimum Gasteiger partial charge on any atom is -0.347 e. The lowest BCUT2D eigenvalue weighted by Gasteiger charge is -2.16. The summed E-state index contributed by atoms with van der Waals surface area (Å²) in [5, 5.41) is 6.64. The first kappa shape index (κ1) is 16.3. The number of hydrogen-bond acceptors (Lipinski definition) is 5. The summed E-state index contributed by atoms with van der Waals surface area (Å²) in [6.07, 6.45) is 3.65. The van der Waals surface area contributed by atoms with Gasteiger partial charge >= 0.3 is 0 Å². The summed E-state index contributed by atoms with van der Waals surface area (Å²) in [5.74, 6) is 0.976. The van der Waals surface area contributed by atoms with Crippen molar-refractivity contribution < 1.29 is 4.79 Å². The van der Waals surface area contributed by atoms with E-state index < -0.39 is 0 Å². The Morgan fingerprint density at radius 3 is 2.65 bits per heavy atom. The van der Waals surface area contributed by atoms with Crippen LogP contribution in [0.5, 0.6) is 0 Å². The fourth-order valence-electron chi connectivity index (χ4n) is 3.33. The summed E-state index contributed by atoms with van der Waals surface area (Å²) in [6, 6.07) is 18.3. The molecule has 4 rings (SSSR count). The molecule has 1 atom stereocenters. The molecule has 1 aromatic heterocycles. The number of aryl methyl sites for hydroxylation is 1. The molecule has 2 N–H and O–H groups in total. The highest BCUT2D eigenvalue weighted by Crippen LogP contribution is 2.33. The second-order valence-corrected chi connectivity index (χ2v) is 6.44. The Hall–Kier alpha value is -3.21. The second kappa shape index (κ2) is 6.96. The molecule has 130 valence electrons. The average Bonchev–Trinajstić information content (AvgIpc) is 3.06. The first-order valence-corrected chi connectivity index (χ1v) is 8.75. The fraction of sp³-hybridized carbons (Fsp3) is 0.190. The van der Waals surface area contributed by atoms with Crippen molar-refractivity contribution in [3.63, 3.8) is 0 Å². The normalized spacial score (nSPS) is 15.3. The number of carbonyl (C=O) groups is 1. The van der Waals surface area contributed by atoms with Gasteiger partial charge in [0.05, 0.1) is 11.6 Å². The minimum atomic E-state index is -0.0683. The van der Waals surface area contributed by atoms with Gasteiger partial charge in [0.2, 0.25) is 5.95 Å². The SMILES string of the molecule is CC(=O)c1cnc(NC2CCc3ccccc32)nc1Nc1ccccc1. The van der Waals surface area contributed by atoms with Gasteiger partial charge in [0.25, 0.3) is 0 Å². The molecule has 0 radical (unpaired) electrons. The van der Waals surface area contributed by atoms with Crippen LogP contribution in [0.2, 0.25) is 0 Å². The van der Waals surface area contributed by atoms with Gasteiger partial charge in [-0.2, -0.15) is 4.98 Å². The minimum absolute atomic E-state index is 0.0683. The van der Waals surface area contributed by atoms with E-state index in [1.165, 1.54) is 18.1 Å². The van der Waals surface area contributed by atoms with E-state index in [2.05, 4.69) is 44.9 Å². The number of rotatable bonds is 5. The van der Waals surface area contributed by atoms with Crippen molar-refractivity contribution in [2.75, 3.05) is 10.6 Å². The first-order valence-electron chi connectivity index (χ1n) is 8.75. The Labute approximate surface area is 152 Å². The van der Waals surface area contributed by atoms with Crippen LogP contribution in [0.15, 0.2) is 60.8 Å². The van der Waals surface area contributed by atoms with Crippen LogP contribution in [0.25, 0.3) is 0 Å². The van der Waals surface area contributed by atoms with E-state index in [0.717, 1.165) is 18.5 Å². The molecule has 0 saturated heterocycles. The average molecular weight is 344 g/mol. The van der Waals surface area contributed by atoms with Gasteiger partial charge < -0.3 is 10.6 Å². The molecule has 1 heterocycles. The zero-order chi connectivity index (χ0) is 17.9. The number of fused-ring (bicyclic) bond motifs is 1. The molecule has 26 heavy (non-hydrogen) atoms. The summed E-state index contributed by atoms with van der Waals surface area (Å²) < 4.78 is 0. The molecular formula is C21H20N4O. The van der Waals surface area contributed by atoms with Gasteiger partial charge in [-0.3, -0.25) is 4.79 Å². The van der Waals surface area contributed by atoms with Crippen LogP contribution < -0.4 is 10.6 Å². The van der Waals surface area contributed by atoms with Crippen LogP contribution in [0.4, 0.5) is 17.5 Å². The number of aromatic nitrogens is 2. The highest BCUT2D eigenvalue weighted by Gasteiger charge is 2.23. The van der Waals surface area contributed by atoms with Crippen molar-refractivity contribution >= 4 is 23.2 Å². The monoisotopic (exact) mass is 344 g/mol. The van der Waals surface area contributed by atoms with Gasteiger partial charge in [-0.05, 0) is 43.0 Å². The number of nitrogens with one attached hydrogen (secondary N) is 2. The molecule has 0 spiro atoms. The number of benzene rings is 2. The Bertz CT molecular complexity index is 940. The molecule has 1 aliphatic rings. The third kappa shape index (κ3) is 3.28. The lowest BCUT2D eigenvalue weighted by atomic mass is 10.1. The molecular weight excluding hydrogens is 324 g/mol. The summed E-state index contributed by atoms with van der Waals surface area (Å²) >= 11 is 0. The third-order valence-corrected chi connectivity index (χ3v) is 4.64. The van der Waals surface area contributed by atoms with Crippen molar-refractivity contribution in [1.82, 2.24) is 9.97 Å². The van der Waals surface area contributed by atoms with Gasteiger partial charge in [0.15, 0.2) is 5.78 Å². The molecule has 0 aliphatic heterocycles. The Kier molecular flexibility index (Phi) is 4.35. The molecule has 0 saturated carbocycles. The molecule has 5 heteroatoms. The van der Waals surface area contributed by atoms with Crippen LogP contribution in [-0.2, 0) is 6.42 Å². The maximum atomic E-state index is 11.9. The summed E-state index contributed by atoms with van der Waals surface area (Å²) in [4.78, 5) is 20.9. The summed E-state index contributed by atoms with van der Waals surface area (Å²) in [5.41, 5.74) is 4.02. The molecule has 3 aromatic rings. The van der Waals surface area contributed by atoms with Crippen LogP contribution in [0.1, 0.15) is 40.9 Å². The molecule has 0 bridgehead atoms. The zero-order valence-corrected chi connectivity index (χ0v) is 14.6. The summed E-state index contributed by atoms with van der Waals surface area (Å²) in [7, 11) is 0. The van der Waals surface area contributed by atoms with Crippen molar-refractivity contribution in [3.05, 3.63) is 77.5 Å². The number of carbonyl (C=O) groups excluding carboxylic acids is 1. The van der Waals surface area contributed by atoms with Gasteiger partial charge in [0.1, 0.15) is 5.82 Å². The Balaban J connectivity index is 1.62. The van der Waals surface area contributed by atoms with Crippen molar-refractivity contribution in [1.29, 1.82) is 0 Å². The Morgan fingerprint density at radius 1 is 1.08 bits per heavy atom. The predicted octanol–water partition coefficient (Wildman–Crippen LogP) is 4.52. The topological polar surface area (TPSA) is 66.9 Å². The van der Waals surface area contributed by atoms with E-state index in [1.807, 2.05) is 30.3 Å². The largest absolute Gasteiger partial charge is 0.347 e. The van der Waals surface area contributed by atoms with E-state index >= 15 is 0 Å². The molecule has 2 aromatic carbocycles. The number of para-hydroxylation sites is 1. The molecule has 0 amide bonds. The van der Waals surface area contributed by atoms with Gasteiger partial charge in [-0.25, -0.2) is 4.98 Å². The predicted molar refractivity (Wildman–Crippen MR) is 103 cm³/mol. The van der Waals surface area contributed by atoms with Crippen LogP contribution >= 0.6 is 0 Å². The van der Waals surface area contributed by atoms with Crippen molar-refractivity contribution in [2.45, 2.75) is 25.8 Å². The smallest absolute Gasteiger partial charge is 0.225 e. The van der Waals surface area contributed by atoms with E-state index in [-0.39, 0.29) is 11.8 Å². The fourth-order valence-corrected chi connectivity index (χ4v) is 3.33. The molecule has 1 unspecified atom stereocenters. The Morgan fingerprint density at radius 2 is 1.85 bits per heavy atom. The maximum absolute atomic E-state index is 11.9. The van der Waals surface area contributed by atoms with E-state index in [1.54, 1.807) is 6.20 Å². The third-order valence-electron chi connectivity index (χ3n) is 4.64. The summed E-state index contributed by atoms with van der Waals surface area (Å²) in [6.45, 7) is 1.52.